The molecule has 0 amide bonds. The van der Waals surface area contributed by atoms with Gasteiger partial charge in [-0.1, -0.05) is 140 Å². The van der Waals surface area contributed by atoms with E-state index in [0.29, 0.717) is 23.9 Å². The largest absolute Gasteiger partial charge is 0.756 e. The monoisotopic (exact) mass is 782 g/mol. The number of nitrogens with zero attached hydrogens (tertiary/aromatic N) is 1. The summed E-state index contributed by atoms with van der Waals surface area (Å²) in [6, 6.07) is 0. The van der Waals surface area contributed by atoms with Crippen molar-refractivity contribution >= 4 is 19.8 Å². The number of hydrogen-bond acceptors (Lipinski definition) is 8. The highest BCUT2D eigenvalue weighted by Gasteiger charge is 2.21. The molecule has 0 saturated carbocycles. The number of esters is 2. The van der Waals surface area contributed by atoms with Crippen LogP contribution in [0.1, 0.15) is 168 Å². The zero-order valence-electron chi connectivity index (χ0n) is 35.2. The Hall–Kier alpha value is -2.03. The van der Waals surface area contributed by atoms with Crippen LogP contribution in [0.25, 0.3) is 0 Å². The predicted molar refractivity (Wildman–Crippen MR) is 222 cm³/mol. The fraction of sp³-hybridized carbons (Fsp3) is 0.773. The number of rotatable bonds is 38. The highest BCUT2D eigenvalue weighted by Crippen LogP contribution is 2.38. The number of likely N-dealkylation sites (N-methyl/N-ethyl adjacent to an activating group) is 1. The van der Waals surface area contributed by atoms with Crippen LogP contribution >= 0.6 is 7.82 Å². The first-order valence-corrected chi connectivity index (χ1v) is 22.8. The average Bonchev–Trinajstić information content (AvgIpc) is 3.12. The summed E-state index contributed by atoms with van der Waals surface area (Å²) in [6.45, 7) is 4.10. The third kappa shape index (κ3) is 39.7. The standard InChI is InChI=1S/C44H80NO8P/c1-6-8-10-12-14-16-18-20-22-24-26-28-30-32-34-36-43(46)50-40-42(41-52-54(48,49)51-39-38-45(3,4)5)53-44(47)37-35-33-31-29-27-25-23-21-19-17-15-13-11-9-7-2/h14,16,20,22,26,28,31,33,42H,6-13,15,17-19,21,23-25,27,29-30,32,34-41H2,1-5H3/b16-14+,22-20+,28-26+,33-31+/t42-/m1/s1. The van der Waals surface area contributed by atoms with Crippen LogP contribution in [0, 0.1) is 0 Å². The molecular weight excluding hydrogens is 701 g/mol. The van der Waals surface area contributed by atoms with Gasteiger partial charge in [-0.3, -0.25) is 14.2 Å². The number of phosphoric acid groups is 1. The maximum atomic E-state index is 12.6. The topological polar surface area (TPSA) is 111 Å². The molecule has 0 spiro atoms. The number of carbonyl (C=O) groups is 2. The summed E-state index contributed by atoms with van der Waals surface area (Å²) >= 11 is 0. The van der Waals surface area contributed by atoms with Gasteiger partial charge in [0.1, 0.15) is 19.8 Å². The first-order valence-electron chi connectivity index (χ1n) is 21.3. The highest BCUT2D eigenvalue weighted by molar-refractivity contribution is 7.45. The van der Waals surface area contributed by atoms with Crippen LogP contribution in [0.2, 0.25) is 0 Å². The van der Waals surface area contributed by atoms with Gasteiger partial charge in [-0.15, -0.1) is 0 Å². The minimum absolute atomic E-state index is 0.0437. The Morgan fingerprint density at radius 3 is 1.61 bits per heavy atom. The van der Waals surface area contributed by atoms with Gasteiger partial charge < -0.3 is 27.9 Å². The van der Waals surface area contributed by atoms with Gasteiger partial charge in [0.2, 0.25) is 0 Å². The molecule has 10 heteroatoms. The lowest BCUT2D eigenvalue weighted by atomic mass is 10.1. The van der Waals surface area contributed by atoms with Crippen molar-refractivity contribution in [2.45, 2.75) is 174 Å². The van der Waals surface area contributed by atoms with E-state index in [2.05, 4.69) is 56.4 Å². The Morgan fingerprint density at radius 1 is 0.574 bits per heavy atom. The molecule has 0 aliphatic carbocycles. The second-order valence-corrected chi connectivity index (χ2v) is 16.8. The Balaban J connectivity index is 4.49. The van der Waals surface area contributed by atoms with E-state index >= 15 is 0 Å². The van der Waals surface area contributed by atoms with Gasteiger partial charge in [0.05, 0.1) is 27.7 Å². The smallest absolute Gasteiger partial charge is 0.306 e. The van der Waals surface area contributed by atoms with E-state index in [0.717, 1.165) is 44.9 Å². The molecule has 314 valence electrons. The molecular formula is C44H80NO8P. The molecule has 0 radical (unpaired) electrons. The molecule has 0 aromatic carbocycles. The number of carbonyl (C=O) groups excluding carboxylic acids is 2. The first-order chi connectivity index (χ1) is 26.0. The van der Waals surface area contributed by atoms with Gasteiger partial charge >= 0.3 is 11.9 Å². The fourth-order valence-electron chi connectivity index (χ4n) is 5.44. The molecule has 2 atom stereocenters. The lowest BCUT2D eigenvalue weighted by Gasteiger charge is -2.28. The molecule has 0 aliphatic rings. The maximum Gasteiger partial charge on any atom is 0.306 e. The number of quaternary nitrogens is 1. The highest BCUT2D eigenvalue weighted by atomic mass is 31.2. The summed E-state index contributed by atoms with van der Waals surface area (Å²) in [4.78, 5) is 37.4. The lowest BCUT2D eigenvalue weighted by Crippen LogP contribution is -2.37. The van der Waals surface area contributed by atoms with E-state index in [1.807, 2.05) is 27.2 Å². The quantitative estimate of drug-likeness (QED) is 0.0200. The molecule has 0 aromatic heterocycles. The average molecular weight is 782 g/mol. The molecule has 9 nitrogen and oxygen atoms in total. The van der Waals surface area contributed by atoms with Gasteiger partial charge in [0.15, 0.2) is 6.10 Å². The van der Waals surface area contributed by atoms with Crippen molar-refractivity contribution in [1.29, 1.82) is 0 Å². The number of phosphoric ester groups is 1. The van der Waals surface area contributed by atoms with E-state index in [1.54, 1.807) is 0 Å². The third-order valence-corrected chi connectivity index (χ3v) is 9.80. The Kier molecular flexibility index (Phi) is 35.2. The van der Waals surface area contributed by atoms with Crippen LogP contribution < -0.4 is 4.89 Å². The van der Waals surface area contributed by atoms with Crippen molar-refractivity contribution in [1.82, 2.24) is 0 Å². The van der Waals surface area contributed by atoms with Crippen molar-refractivity contribution in [3.05, 3.63) is 48.6 Å². The Bertz CT molecular complexity index is 1070. The molecule has 0 bridgehead atoms. The molecule has 0 N–H and O–H groups in total. The number of unbranched alkanes of at least 4 members (excludes halogenated alkanes) is 16. The number of allylic oxidation sites excluding steroid dienone is 8. The van der Waals surface area contributed by atoms with Crippen LogP contribution in [0.15, 0.2) is 48.6 Å². The molecule has 0 rings (SSSR count). The minimum Gasteiger partial charge on any atom is -0.756 e. The molecule has 0 fully saturated rings. The van der Waals surface area contributed by atoms with E-state index < -0.39 is 32.5 Å². The zero-order valence-corrected chi connectivity index (χ0v) is 36.0. The summed E-state index contributed by atoms with van der Waals surface area (Å²) in [5.41, 5.74) is 0. The van der Waals surface area contributed by atoms with E-state index in [-0.39, 0.29) is 26.1 Å². The van der Waals surface area contributed by atoms with Crippen LogP contribution in [0.5, 0.6) is 0 Å². The van der Waals surface area contributed by atoms with Gasteiger partial charge in [-0.2, -0.15) is 0 Å². The normalized spacial score (nSPS) is 14.1. The molecule has 0 saturated heterocycles. The molecule has 0 aromatic rings. The summed E-state index contributed by atoms with van der Waals surface area (Å²) in [5.74, 6) is -0.938. The molecule has 54 heavy (non-hydrogen) atoms. The van der Waals surface area contributed by atoms with Crippen LogP contribution in [0.4, 0.5) is 0 Å². The van der Waals surface area contributed by atoms with E-state index in [9.17, 15) is 19.0 Å². The summed E-state index contributed by atoms with van der Waals surface area (Å²) in [7, 11) is 1.12. The molecule has 0 heterocycles. The minimum atomic E-state index is -4.64. The summed E-state index contributed by atoms with van der Waals surface area (Å²) in [6.07, 6.45) is 41.5. The first kappa shape index (κ1) is 52.0. The SMILES string of the molecule is CCCCC/C=C/C/C=C/C/C=C/CCCCC(=O)OC[C@H](COP(=O)([O-])OCC[N+](C)(C)C)OC(=O)CC/C=C/CCCCCCCCCCCCC. The van der Waals surface area contributed by atoms with Crippen molar-refractivity contribution in [3.8, 4) is 0 Å². The summed E-state index contributed by atoms with van der Waals surface area (Å²) < 4.78 is 33.7. The predicted octanol–water partition coefficient (Wildman–Crippen LogP) is 11.3. The van der Waals surface area contributed by atoms with Crippen molar-refractivity contribution < 1.29 is 42.1 Å². The number of hydrogen-bond donors (Lipinski definition) is 0. The maximum absolute atomic E-state index is 12.6. The van der Waals surface area contributed by atoms with Gasteiger partial charge in [0, 0.05) is 12.8 Å². The van der Waals surface area contributed by atoms with Crippen molar-refractivity contribution in [3.63, 3.8) is 0 Å². The van der Waals surface area contributed by atoms with Gasteiger partial charge in [-0.05, 0) is 64.2 Å². The number of ether oxygens (including phenoxy) is 2. The second-order valence-electron chi connectivity index (χ2n) is 15.3. The summed E-state index contributed by atoms with van der Waals surface area (Å²) in [5, 5.41) is 0. The van der Waals surface area contributed by atoms with Crippen LogP contribution in [-0.2, 0) is 32.7 Å². The van der Waals surface area contributed by atoms with E-state index in [1.165, 1.54) is 83.5 Å². The lowest BCUT2D eigenvalue weighted by molar-refractivity contribution is -0.870. The third-order valence-electron chi connectivity index (χ3n) is 8.83. The zero-order chi connectivity index (χ0) is 40.0. The van der Waals surface area contributed by atoms with Crippen LogP contribution in [0.3, 0.4) is 0 Å². The van der Waals surface area contributed by atoms with Crippen LogP contribution in [-0.4, -0.2) is 70.0 Å². The Morgan fingerprint density at radius 2 is 1.04 bits per heavy atom. The van der Waals surface area contributed by atoms with E-state index in [4.69, 9.17) is 18.5 Å². The molecule has 1 unspecified atom stereocenters. The van der Waals surface area contributed by atoms with Gasteiger partial charge in [-0.25, -0.2) is 0 Å². The van der Waals surface area contributed by atoms with Crippen molar-refractivity contribution in [2.24, 2.45) is 0 Å². The van der Waals surface area contributed by atoms with Gasteiger partial charge in [0.25, 0.3) is 7.82 Å². The Labute approximate surface area is 331 Å². The van der Waals surface area contributed by atoms with Crippen molar-refractivity contribution in [2.75, 3.05) is 47.5 Å². The fourth-order valence-corrected chi connectivity index (χ4v) is 6.17. The second kappa shape index (κ2) is 36.6. The molecule has 0 aliphatic heterocycles.